The molecule has 4 atom stereocenters. The number of urea groups is 1. The van der Waals surface area contributed by atoms with Crippen molar-refractivity contribution in [1.82, 2.24) is 10.2 Å². The highest BCUT2D eigenvalue weighted by molar-refractivity contribution is 6.30. The Morgan fingerprint density at radius 1 is 0.943 bits per heavy atom. The molecule has 5 heteroatoms. The summed E-state index contributed by atoms with van der Waals surface area (Å²) in [4.78, 5) is 28.9. The van der Waals surface area contributed by atoms with E-state index in [0.717, 1.165) is 62.8 Å². The van der Waals surface area contributed by atoms with Crippen molar-refractivity contribution >= 4 is 23.5 Å². The van der Waals surface area contributed by atoms with E-state index >= 15 is 0 Å². The summed E-state index contributed by atoms with van der Waals surface area (Å²) in [6.45, 7) is 4.87. The second kappa shape index (κ2) is 8.36. The lowest BCUT2D eigenvalue weighted by molar-refractivity contribution is -0.137. The molecule has 1 aromatic rings. The van der Waals surface area contributed by atoms with E-state index in [1.165, 1.54) is 25.7 Å². The molecule has 6 rings (SSSR count). The Labute approximate surface area is 214 Å². The van der Waals surface area contributed by atoms with Gasteiger partial charge < -0.3 is 5.32 Å². The molecule has 3 amide bonds. The average Bonchev–Trinajstić information content (AvgIpc) is 3.47. The fourth-order valence-electron chi connectivity index (χ4n) is 8.84. The highest BCUT2D eigenvalue weighted by Gasteiger charge is 2.56. The van der Waals surface area contributed by atoms with Gasteiger partial charge in [-0.1, -0.05) is 68.0 Å². The van der Waals surface area contributed by atoms with Gasteiger partial charge in [-0.3, -0.25) is 9.69 Å². The standard InChI is InChI=1S/C30H39ClN2O2/c1-28-15-5-6-23(28)22-11-12-25-29(2,24(22)13-18-28)19-14-26(34)33(25)27(35)32-30(16-3-4-17-30)20-7-9-21(31)10-8-20/h7-10,23,25H,3-6,11-19H2,1-2H3,(H,32,35)/t23-,25?,28-,29+/m0/s1. The Hall–Kier alpha value is -1.81. The predicted octanol–water partition coefficient (Wildman–Crippen LogP) is 7.51. The third kappa shape index (κ3) is 3.61. The number of benzene rings is 1. The minimum atomic E-state index is -0.411. The first kappa shape index (κ1) is 23.6. The number of amides is 3. The number of hydrogen-bond donors (Lipinski definition) is 1. The van der Waals surface area contributed by atoms with Crippen molar-refractivity contribution in [2.75, 3.05) is 0 Å². The summed E-state index contributed by atoms with van der Waals surface area (Å²) in [6.07, 6.45) is 13.7. The number of fused-ring (bicyclic) bond motifs is 4. The average molecular weight is 495 g/mol. The Morgan fingerprint density at radius 3 is 2.43 bits per heavy atom. The van der Waals surface area contributed by atoms with Crippen molar-refractivity contribution in [3.8, 4) is 0 Å². The van der Waals surface area contributed by atoms with Crippen LogP contribution in [0.15, 0.2) is 35.4 Å². The van der Waals surface area contributed by atoms with Crippen LogP contribution in [0, 0.1) is 16.7 Å². The molecule has 0 spiro atoms. The van der Waals surface area contributed by atoms with Gasteiger partial charge in [-0.05, 0) is 86.8 Å². The highest BCUT2D eigenvalue weighted by atomic mass is 35.5. The molecule has 0 aromatic heterocycles. The van der Waals surface area contributed by atoms with Crippen LogP contribution in [0.4, 0.5) is 4.79 Å². The van der Waals surface area contributed by atoms with Crippen LogP contribution in [0.3, 0.4) is 0 Å². The van der Waals surface area contributed by atoms with Gasteiger partial charge in [-0.15, -0.1) is 0 Å². The van der Waals surface area contributed by atoms with Crippen LogP contribution in [0.25, 0.3) is 0 Å². The van der Waals surface area contributed by atoms with Crippen molar-refractivity contribution in [1.29, 1.82) is 0 Å². The van der Waals surface area contributed by atoms with Crippen LogP contribution in [-0.2, 0) is 10.3 Å². The molecule has 4 nitrogen and oxygen atoms in total. The van der Waals surface area contributed by atoms with Gasteiger partial charge in [0.2, 0.25) is 5.91 Å². The van der Waals surface area contributed by atoms with Crippen LogP contribution >= 0.6 is 11.6 Å². The van der Waals surface area contributed by atoms with Gasteiger partial charge in [0.05, 0.1) is 11.6 Å². The molecule has 5 aliphatic rings. The van der Waals surface area contributed by atoms with Crippen molar-refractivity contribution in [3.63, 3.8) is 0 Å². The zero-order valence-corrected chi connectivity index (χ0v) is 22.1. The Balaban J connectivity index is 1.31. The molecule has 3 fully saturated rings. The molecule has 4 aliphatic carbocycles. The molecule has 1 aliphatic heterocycles. The number of carbonyl (C=O) groups is 2. The summed E-state index contributed by atoms with van der Waals surface area (Å²) in [6, 6.07) is 7.66. The van der Waals surface area contributed by atoms with Gasteiger partial charge in [0.1, 0.15) is 0 Å². The molecule has 1 aromatic carbocycles. The van der Waals surface area contributed by atoms with Crippen LogP contribution in [0.5, 0.6) is 0 Å². The minimum absolute atomic E-state index is 0.000192. The van der Waals surface area contributed by atoms with Gasteiger partial charge >= 0.3 is 6.03 Å². The quantitative estimate of drug-likeness (QED) is 0.432. The van der Waals surface area contributed by atoms with E-state index in [1.807, 2.05) is 24.3 Å². The largest absolute Gasteiger partial charge is 0.328 e. The molecule has 35 heavy (non-hydrogen) atoms. The highest BCUT2D eigenvalue weighted by Crippen LogP contribution is 2.62. The lowest BCUT2D eigenvalue weighted by Crippen LogP contribution is -2.62. The van der Waals surface area contributed by atoms with Crippen molar-refractivity contribution in [2.24, 2.45) is 16.7 Å². The maximum absolute atomic E-state index is 14.0. The first-order valence-electron chi connectivity index (χ1n) is 13.9. The van der Waals surface area contributed by atoms with E-state index in [2.05, 4.69) is 19.2 Å². The van der Waals surface area contributed by atoms with Gasteiger partial charge in [0, 0.05) is 16.9 Å². The normalized spacial score (nSPS) is 36.0. The van der Waals surface area contributed by atoms with E-state index < -0.39 is 5.54 Å². The first-order valence-corrected chi connectivity index (χ1v) is 14.3. The Morgan fingerprint density at radius 2 is 1.69 bits per heavy atom. The van der Waals surface area contributed by atoms with Crippen LogP contribution < -0.4 is 5.32 Å². The zero-order valence-electron chi connectivity index (χ0n) is 21.3. The molecule has 1 unspecified atom stereocenters. The number of carbonyl (C=O) groups excluding carboxylic acids is 2. The van der Waals surface area contributed by atoms with E-state index in [-0.39, 0.29) is 23.4 Å². The van der Waals surface area contributed by atoms with E-state index in [4.69, 9.17) is 11.6 Å². The SMILES string of the molecule is C[C@@]12CCC[C@H]1C1=C(CC2)[C@@]2(C)CCC(=O)N(C(=O)NC3(c4ccc(Cl)cc4)CCCC3)C2CC1. The molecule has 1 heterocycles. The monoisotopic (exact) mass is 494 g/mol. The molecule has 2 saturated carbocycles. The number of nitrogens with one attached hydrogen (secondary N) is 1. The summed E-state index contributed by atoms with van der Waals surface area (Å²) in [5.41, 5.74) is 4.39. The molecule has 188 valence electrons. The lowest BCUT2D eigenvalue weighted by atomic mass is 9.54. The first-order chi connectivity index (χ1) is 16.8. The van der Waals surface area contributed by atoms with Gasteiger partial charge in [0.15, 0.2) is 0 Å². The zero-order chi connectivity index (χ0) is 24.4. The van der Waals surface area contributed by atoms with Gasteiger partial charge in [-0.2, -0.15) is 0 Å². The van der Waals surface area contributed by atoms with Crippen LogP contribution in [-0.4, -0.2) is 22.9 Å². The van der Waals surface area contributed by atoms with E-state index in [1.54, 1.807) is 16.0 Å². The Kier molecular flexibility index (Phi) is 5.63. The maximum Gasteiger partial charge on any atom is 0.325 e. The fourth-order valence-corrected chi connectivity index (χ4v) is 8.97. The number of piperidine rings is 1. The van der Waals surface area contributed by atoms with Gasteiger partial charge in [-0.25, -0.2) is 4.79 Å². The van der Waals surface area contributed by atoms with E-state index in [0.29, 0.717) is 16.9 Å². The Bertz CT molecular complexity index is 1070. The summed E-state index contributed by atoms with van der Waals surface area (Å²) in [5, 5.41) is 4.10. The summed E-state index contributed by atoms with van der Waals surface area (Å²) >= 11 is 6.16. The van der Waals surface area contributed by atoms with E-state index in [9.17, 15) is 9.59 Å². The third-order valence-electron chi connectivity index (χ3n) is 10.8. The number of imide groups is 1. The number of allylic oxidation sites excluding steroid dienone is 1. The third-order valence-corrected chi connectivity index (χ3v) is 11.1. The molecular formula is C30H39ClN2O2. The molecule has 0 bridgehead atoms. The number of rotatable bonds is 2. The van der Waals surface area contributed by atoms with Crippen molar-refractivity contribution in [2.45, 2.75) is 109 Å². The smallest absolute Gasteiger partial charge is 0.325 e. The lowest BCUT2D eigenvalue weighted by Gasteiger charge is -2.55. The maximum atomic E-state index is 14.0. The number of hydrogen-bond acceptors (Lipinski definition) is 2. The summed E-state index contributed by atoms with van der Waals surface area (Å²) in [5.74, 6) is 0.718. The van der Waals surface area contributed by atoms with Crippen LogP contribution in [0.1, 0.15) is 103 Å². The summed E-state index contributed by atoms with van der Waals surface area (Å²) in [7, 11) is 0. The summed E-state index contributed by atoms with van der Waals surface area (Å²) < 4.78 is 0. The number of halogens is 1. The fraction of sp³-hybridized carbons (Fsp3) is 0.667. The van der Waals surface area contributed by atoms with Gasteiger partial charge in [0.25, 0.3) is 0 Å². The topological polar surface area (TPSA) is 49.4 Å². The van der Waals surface area contributed by atoms with Crippen LogP contribution in [0.2, 0.25) is 5.02 Å². The number of likely N-dealkylation sites (tertiary alicyclic amines) is 1. The molecule has 0 radical (unpaired) electrons. The molecule has 1 N–H and O–H groups in total. The van der Waals surface area contributed by atoms with Crippen molar-refractivity contribution in [3.05, 3.63) is 46.0 Å². The minimum Gasteiger partial charge on any atom is -0.328 e. The number of nitrogens with zero attached hydrogens (tertiary/aromatic N) is 1. The molecular weight excluding hydrogens is 456 g/mol. The predicted molar refractivity (Wildman–Crippen MR) is 139 cm³/mol. The second-order valence-electron chi connectivity index (χ2n) is 12.6. The molecule has 1 saturated heterocycles. The second-order valence-corrected chi connectivity index (χ2v) is 13.0. The van der Waals surface area contributed by atoms with Crippen molar-refractivity contribution < 1.29 is 9.59 Å².